The van der Waals surface area contributed by atoms with Gasteiger partial charge in [-0.15, -0.1) is 0 Å². The quantitative estimate of drug-likeness (QED) is 0.467. The molecule has 3 N–H and O–H groups in total. The monoisotopic (exact) mass is 400 g/mol. The summed E-state index contributed by atoms with van der Waals surface area (Å²) in [5.41, 5.74) is 6.87. The molecule has 0 bridgehead atoms. The van der Waals surface area contributed by atoms with E-state index in [1.807, 2.05) is 0 Å². The van der Waals surface area contributed by atoms with Crippen molar-refractivity contribution >= 4 is 29.0 Å². The van der Waals surface area contributed by atoms with Crippen molar-refractivity contribution in [1.29, 1.82) is 0 Å². The number of nitrogen functional groups attached to an aromatic ring is 1. The summed E-state index contributed by atoms with van der Waals surface area (Å²) in [7, 11) is 2.97. The van der Waals surface area contributed by atoms with E-state index in [1.54, 1.807) is 13.0 Å². The van der Waals surface area contributed by atoms with Gasteiger partial charge in [-0.3, -0.25) is 4.79 Å². The summed E-state index contributed by atoms with van der Waals surface area (Å²) >= 11 is 0. The Labute approximate surface area is 165 Å². The second kappa shape index (κ2) is 10.3. The van der Waals surface area contributed by atoms with E-state index in [-0.39, 0.29) is 11.4 Å². The number of aromatic amines is 1. The molecule has 0 saturated carbocycles. The van der Waals surface area contributed by atoms with E-state index in [0.717, 1.165) is 0 Å². The van der Waals surface area contributed by atoms with Crippen LogP contribution in [-0.2, 0) is 9.53 Å². The molecule has 0 aromatic carbocycles. The Kier molecular flexibility index (Phi) is 7.59. The molecule has 29 heavy (non-hydrogen) atoms. The lowest BCUT2D eigenvalue weighted by Crippen LogP contribution is -2.04. The third kappa shape index (κ3) is 6.27. The fraction of sp³-hybridized carbons (Fsp3) is 0.222. The van der Waals surface area contributed by atoms with Crippen molar-refractivity contribution in [2.75, 3.05) is 26.6 Å². The van der Waals surface area contributed by atoms with E-state index in [0.29, 0.717) is 35.2 Å². The number of hydrogen-bond acceptors (Lipinski definition) is 10. The summed E-state index contributed by atoms with van der Waals surface area (Å²) in [4.78, 5) is 40.4. The summed E-state index contributed by atoms with van der Waals surface area (Å²) < 4.78 is 14.4. The first kappa shape index (κ1) is 21.3. The molecule has 3 heterocycles. The molecule has 11 heteroatoms. The maximum absolute atomic E-state index is 11.0. The van der Waals surface area contributed by atoms with Crippen molar-refractivity contribution in [1.82, 2.24) is 24.9 Å². The van der Waals surface area contributed by atoms with Crippen LogP contribution in [0, 0.1) is 0 Å². The van der Waals surface area contributed by atoms with Gasteiger partial charge in [-0.05, 0) is 19.1 Å². The number of nitrogens with zero attached hydrogens (tertiary/aromatic N) is 4. The van der Waals surface area contributed by atoms with Gasteiger partial charge in [-0.2, -0.15) is 9.97 Å². The van der Waals surface area contributed by atoms with Crippen LogP contribution < -0.4 is 20.8 Å². The van der Waals surface area contributed by atoms with E-state index in [9.17, 15) is 9.59 Å². The minimum atomic E-state index is -0.445. The minimum Gasteiger partial charge on any atom is -0.480 e. The van der Waals surface area contributed by atoms with Gasteiger partial charge < -0.3 is 24.9 Å². The molecule has 0 unspecified atom stereocenters. The molecule has 11 nitrogen and oxygen atoms in total. The molecule has 152 valence electrons. The highest BCUT2D eigenvalue weighted by atomic mass is 16.5. The molecule has 0 atom stereocenters. The van der Waals surface area contributed by atoms with Gasteiger partial charge in [-0.25, -0.2) is 14.8 Å². The van der Waals surface area contributed by atoms with Gasteiger partial charge >= 0.3 is 5.97 Å². The molecule has 0 aliphatic carbocycles. The molecule has 0 saturated heterocycles. The van der Waals surface area contributed by atoms with Gasteiger partial charge in [0.2, 0.25) is 17.3 Å². The number of methoxy groups -OCH3 is 2. The van der Waals surface area contributed by atoms with Crippen LogP contribution in [0.4, 0.5) is 5.82 Å². The Morgan fingerprint density at radius 3 is 2.48 bits per heavy atom. The number of carbonyl (C=O) groups is 1. The lowest BCUT2D eigenvalue weighted by atomic mass is 10.3. The lowest BCUT2D eigenvalue weighted by molar-refractivity contribution is -0.137. The molecule has 0 aliphatic rings. The third-order valence-corrected chi connectivity index (χ3v) is 3.30. The first-order valence-electron chi connectivity index (χ1n) is 8.38. The van der Waals surface area contributed by atoms with Crippen LogP contribution in [-0.4, -0.2) is 51.7 Å². The van der Waals surface area contributed by atoms with Gasteiger partial charge in [-0.1, -0.05) is 0 Å². The molecule has 3 aromatic heterocycles. The highest BCUT2D eigenvalue weighted by molar-refractivity contribution is 5.87. The van der Waals surface area contributed by atoms with E-state index in [2.05, 4.69) is 24.9 Å². The average Bonchev–Trinajstić information content (AvgIpc) is 2.72. The van der Waals surface area contributed by atoms with Crippen LogP contribution in [0.1, 0.15) is 12.6 Å². The van der Waals surface area contributed by atoms with Crippen LogP contribution in [0.3, 0.4) is 0 Å². The van der Waals surface area contributed by atoms with Crippen molar-refractivity contribution < 1.29 is 19.0 Å². The minimum absolute atomic E-state index is 0.194. The summed E-state index contributed by atoms with van der Waals surface area (Å²) in [6.07, 6.45) is 5.61. The number of anilines is 1. The topological polar surface area (TPSA) is 155 Å². The highest BCUT2D eigenvalue weighted by Crippen LogP contribution is 2.12. The predicted octanol–water partition coefficient (Wildman–Crippen LogP) is 0.970. The number of fused-ring (bicyclic) bond motifs is 1. The number of rotatable bonds is 5. The number of H-pyrrole nitrogens is 1. The first-order valence-corrected chi connectivity index (χ1v) is 8.38. The van der Waals surface area contributed by atoms with Crippen LogP contribution in [0.25, 0.3) is 17.2 Å². The largest absolute Gasteiger partial charge is 0.480 e. The standard InChI is InChI=1S/C10H13N3O3.C8H7N3O2/c1-3-16-9(14)5-4-7-10(11)13-8(15-2)6-12-7;1-13-7-4-9-5-2-3-6(12)10-8(5)11-7/h4-6H,3H2,1-2H3,(H2,11,13);2-4H,1H3,(H,10,11,12)/b5-4+;. The SMILES string of the molecule is CCOC(=O)/C=C/c1ncc(OC)nc1N.COc1cnc2ccc(=O)[nH]c2n1. The summed E-state index contributed by atoms with van der Waals surface area (Å²) in [6.45, 7) is 2.06. The van der Waals surface area contributed by atoms with Crippen LogP contribution in [0.5, 0.6) is 11.8 Å². The number of nitrogens with two attached hydrogens (primary N) is 1. The lowest BCUT2D eigenvalue weighted by Gasteiger charge is -2.01. The molecule has 0 fully saturated rings. The molecular weight excluding hydrogens is 380 g/mol. The van der Waals surface area contributed by atoms with Crippen molar-refractivity contribution in [2.45, 2.75) is 6.92 Å². The predicted molar refractivity (Wildman–Crippen MR) is 105 cm³/mol. The Hall–Kier alpha value is -4.02. The van der Waals surface area contributed by atoms with E-state index in [1.165, 1.54) is 44.8 Å². The maximum Gasteiger partial charge on any atom is 0.330 e. The van der Waals surface area contributed by atoms with Crippen molar-refractivity contribution in [3.8, 4) is 11.8 Å². The Morgan fingerprint density at radius 2 is 1.83 bits per heavy atom. The number of carbonyl (C=O) groups excluding carboxylic acids is 1. The molecule has 3 aromatic rings. The summed E-state index contributed by atoms with van der Waals surface area (Å²) in [5, 5.41) is 0. The van der Waals surface area contributed by atoms with E-state index in [4.69, 9.17) is 19.9 Å². The molecule has 0 aliphatic heterocycles. The maximum atomic E-state index is 11.0. The molecule has 0 amide bonds. The second-order valence-electron chi connectivity index (χ2n) is 5.24. The van der Waals surface area contributed by atoms with Crippen LogP contribution in [0.2, 0.25) is 0 Å². The molecule has 0 radical (unpaired) electrons. The fourth-order valence-corrected chi connectivity index (χ4v) is 1.97. The van der Waals surface area contributed by atoms with Gasteiger partial charge in [0.25, 0.3) is 0 Å². The highest BCUT2D eigenvalue weighted by Gasteiger charge is 2.02. The van der Waals surface area contributed by atoms with E-state index < -0.39 is 5.97 Å². The number of hydrogen-bond donors (Lipinski definition) is 2. The zero-order valence-corrected chi connectivity index (χ0v) is 16.1. The van der Waals surface area contributed by atoms with Crippen LogP contribution in [0.15, 0.2) is 35.4 Å². The van der Waals surface area contributed by atoms with Gasteiger partial charge in [0, 0.05) is 12.1 Å². The number of ether oxygens (including phenoxy) is 3. The summed E-state index contributed by atoms with van der Waals surface area (Å²) in [5.74, 6) is 0.458. The summed E-state index contributed by atoms with van der Waals surface area (Å²) in [6, 6.07) is 3.02. The molecular formula is C18H20N6O5. The zero-order valence-electron chi connectivity index (χ0n) is 16.1. The Morgan fingerprint density at radius 1 is 1.14 bits per heavy atom. The van der Waals surface area contributed by atoms with Gasteiger partial charge in [0.1, 0.15) is 11.2 Å². The number of aromatic nitrogens is 5. The third-order valence-electron chi connectivity index (χ3n) is 3.30. The normalized spacial score (nSPS) is 10.3. The van der Waals surface area contributed by atoms with Gasteiger partial charge in [0.05, 0.1) is 33.2 Å². The molecule has 0 spiro atoms. The first-order chi connectivity index (χ1) is 14.0. The van der Waals surface area contributed by atoms with Crippen molar-refractivity contribution in [3.05, 3.63) is 46.7 Å². The number of pyridine rings is 1. The van der Waals surface area contributed by atoms with Gasteiger partial charge in [0.15, 0.2) is 11.5 Å². The van der Waals surface area contributed by atoms with Crippen molar-refractivity contribution in [3.63, 3.8) is 0 Å². The number of nitrogens with one attached hydrogen (secondary N) is 1. The number of esters is 1. The van der Waals surface area contributed by atoms with Crippen LogP contribution >= 0.6 is 0 Å². The zero-order chi connectivity index (χ0) is 21.2. The Balaban J connectivity index is 0.000000211. The Bertz CT molecular complexity index is 1070. The van der Waals surface area contributed by atoms with E-state index >= 15 is 0 Å². The second-order valence-corrected chi connectivity index (χ2v) is 5.24. The van der Waals surface area contributed by atoms with Crippen molar-refractivity contribution in [2.24, 2.45) is 0 Å². The molecule has 3 rings (SSSR count). The average molecular weight is 400 g/mol. The smallest absolute Gasteiger partial charge is 0.330 e. The fourth-order valence-electron chi connectivity index (χ4n) is 1.97.